The summed E-state index contributed by atoms with van der Waals surface area (Å²) in [6.45, 7) is 8.38. The van der Waals surface area contributed by atoms with Crippen molar-refractivity contribution in [3.05, 3.63) is 42.5 Å². The summed E-state index contributed by atoms with van der Waals surface area (Å²) in [6.07, 6.45) is 1.19. The van der Waals surface area contributed by atoms with E-state index in [1.54, 1.807) is 4.90 Å². The van der Waals surface area contributed by atoms with Crippen molar-refractivity contribution in [2.24, 2.45) is 0 Å². The van der Waals surface area contributed by atoms with E-state index < -0.39 is 0 Å². The second-order valence-corrected chi connectivity index (χ2v) is 6.65. The SMILES string of the molecule is CC[C@@H](C)[NH+]1CCN(C(=O)COc2ccc3ccccc3c2)CC1. The summed E-state index contributed by atoms with van der Waals surface area (Å²) >= 11 is 0. The van der Waals surface area contributed by atoms with Crippen molar-refractivity contribution in [3.63, 3.8) is 0 Å². The van der Waals surface area contributed by atoms with Gasteiger partial charge in [-0.2, -0.15) is 0 Å². The zero-order chi connectivity index (χ0) is 16.9. The van der Waals surface area contributed by atoms with Crippen LogP contribution in [-0.2, 0) is 4.79 Å². The molecule has 1 amide bonds. The van der Waals surface area contributed by atoms with E-state index in [-0.39, 0.29) is 12.5 Å². The molecule has 2 aromatic carbocycles. The van der Waals surface area contributed by atoms with Crippen LogP contribution < -0.4 is 9.64 Å². The monoisotopic (exact) mass is 327 g/mol. The summed E-state index contributed by atoms with van der Waals surface area (Å²) in [5.41, 5.74) is 0. The summed E-state index contributed by atoms with van der Waals surface area (Å²) in [4.78, 5) is 15.9. The van der Waals surface area contributed by atoms with Gasteiger partial charge in [-0.3, -0.25) is 4.79 Å². The first-order chi connectivity index (χ1) is 11.7. The molecule has 0 aliphatic carbocycles. The van der Waals surface area contributed by atoms with Crippen molar-refractivity contribution in [1.29, 1.82) is 0 Å². The second kappa shape index (κ2) is 7.67. The molecule has 1 aliphatic rings. The van der Waals surface area contributed by atoms with Gasteiger partial charge in [-0.15, -0.1) is 0 Å². The maximum absolute atomic E-state index is 12.4. The highest BCUT2D eigenvalue weighted by molar-refractivity contribution is 5.84. The molecule has 0 spiro atoms. The van der Waals surface area contributed by atoms with Crippen molar-refractivity contribution in [3.8, 4) is 5.75 Å². The number of benzene rings is 2. The lowest BCUT2D eigenvalue weighted by atomic mass is 10.1. The summed E-state index contributed by atoms with van der Waals surface area (Å²) in [5.74, 6) is 0.845. The number of amides is 1. The minimum Gasteiger partial charge on any atom is -0.484 e. The van der Waals surface area contributed by atoms with Gasteiger partial charge < -0.3 is 14.5 Å². The molecule has 1 atom stereocenters. The number of rotatable bonds is 5. The highest BCUT2D eigenvalue weighted by Gasteiger charge is 2.26. The number of ether oxygens (including phenoxy) is 1. The number of hydrogen-bond donors (Lipinski definition) is 1. The number of nitrogens with zero attached hydrogens (tertiary/aromatic N) is 1. The number of fused-ring (bicyclic) bond motifs is 1. The lowest BCUT2D eigenvalue weighted by molar-refractivity contribution is -0.927. The van der Waals surface area contributed by atoms with Crippen molar-refractivity contribution in [1.82, 2.24) is 4.90 Å². The Morgan fingerprint density at radius 3 is 2.58 bits per heavy atom. The van der Waals surface area contributed by atoms with E-state index in [1.165, 1.54) is 11.8 Å². The van der Waals surface area contributed by atoms with E-state index in [4.69, 9.17) is 4.74 Å². The van der Waals surface area contributed by atoms with Gasteiger partial charge >= 0.3 is 0 Å². The Kier molecular flexibility index (Phi) is 5.36. The largest absolute Gasteiger partial charge is 0.484 e. The minimum absolute atomic E-state index is 0.0892. The Balaban J connectivity index is 1.52. The van der Waals surface area contributed by atoms with E-state index in [9.17, 15) is 4.79 Å². The van der Waals surface area contributed by atoms with E-state index in [2.05, 4.69) is 26.0 Å². The molecule has 4 nitrogen and oxygen atoms in total. The van der Waals surface area contributed by atoms with Gasteiger partial charge in [0.2, 0.25) is 0 Å². The molecule has 1 fully saturated rings. The molecule has 2 aromatic rings. The van der Waals surface area contributed by atoms with Crippen molar-refractivity contribution in [2.45, 2.75) is 26.3 Å². The molecule has 1 aliphatic heterocycles. The Bertz CT molecular complexity index is 693. The second-order valence-electron chi connectivity index (χ2n) is 6.65. The van der Waals surface area contributed by atoms with Gasteiger partial charge in [0.15, 0.2) is 6.61 Å². The highest BCUT2D eigenvalue weighted by Crippen LogP contribution is 2.20. The number of hydrogen-bond acceptors (Lipinski definition) is 2. The standard InChI is InChI=1S/C20H26N2O2/c1-3-16(2)21-10-12-22(13-11-21)20(23)15-24-19-9-8-17-6-4-5-7-18(17)14-19/h4-9,14,16H,3,10-13,15H2,1-2H3/p+1/t16-/m1/s1. The minimum atomic E-state index is 0.0892. The molecule has 4 heteroatoms. The van der Waals surface area contributed by atoms with Gasteiger partial charge in [0, 0.05) is 0 Å². The third-order valence-electron chi connectivity index (χ3n) is 5.15. The molecular weight excluding hydrogens is 300 g/mol. The van der Waals surface area contributed by atoms with Crippen LogP contribution in [0.25, 0.3) is 10.8 Å². The molecule has 128 valence electrons. The molecule has 1 heterocycles. The number of nitrogens with one attached hydrogen (secondary N) is 1. The van der Waals surface area contributed by atoms with Crippen LogP contribution in [0.15, 0.2) is 42.5 Å². The summed E-state index contributed by atoms with van der Waals surface area (Å²) in [5, 5.41) is 2.31. The lowest BCUT2D eigenvalue weighted by Gasteiger charge is -2.35. The molecule has 0 aromatic heterocycles. The quantitative estimate of drug-likeness (QED) is 0.908. The molecule has 0 radical (unpaired) electrons. The fourth-order valence-electron chi connectivity index (χ4n) is 3.32. The van der Waals surface area contributed by atoms with Gasteiger partial charge in [-0.1, -0.05) is 37.3 Å². The number of carbonyl (C=O) groups excluding carboxylic acids is 1. The van der Waals surface area contributed by atoms with Gasteiger partial charge in [-0.25, -0.2) is 0 Å². The number of carbonyl (C=O) groups is 1. The van der Waals surface area contributed by atoms with Crippen LogP contribution in [0.3, 0.4) is 0 Å². The van der Waals surface area contributed by atoms with E-state index >= 15 is 0 Å². The number of piperazine rings is 1. The smallest absolute Gasteiger partial charge is 0.260 e. The van der Waals surface area contributed by atoms with Crippen LogP contribution in [0.2, 0.25) is 0 Å². The van der Waals surface area contributed by atoms with Crippen LogP contribution in [0, 0.1) is 0 Å². The maximum Gasteiger partial charge on any atom is 0.260 e. The fourth-order valence-corrected chi connectivity index (χ4v) is 3.32. The average molecular weight is 327 g/mol. The van der Waals surface area contributed by atoms with Crippen molar-refractivity contribution >= 4 is 16.7 Å². The van der Waals surface area contributed by atoms with Crippen LogP contribution in [0.4, 0.5) is 0 Å². The molecule has 0 saturated carbocycles. The predicted molar refractivity (Wildman–Crippen MR) is 96.5 cm³/mol. The molecule has 0 bridgehead atoms. The van der Waals surface area contributed by atoms with Gasteiger partial charge in [0.1, 0.15) is 5.75 Å². The van der Waals surface area contributed by atoms with Crippen LogP contribution >= 0.6 is 0 Å². The third-order valence-corrected chi connectivity index (χ3v) is 5.15. The van der Waals surface area contributed by atoms with Crippen LogP contribution in [0.5, 0.6) is 5.75 Å². The predicted octanol–water partition coefficient (Wildman–Crippen LogP) is 1.74. The molecule has 1 N–H and O–H groups in total. The third kappa shape index (κ3) is 3.88. The van der Waals surface area contributed by atoms with E-state index in [1.807, 2.05) is 35.2 Å². The topological polar surface area (TPSA) is 34.0 Å². The lowest BCUT2D eigenvalue weighted by Crippen LogP contribution is -3.17. The van der Waals surface area contributed by atoms with Crippen LogP contribution in [-0.4, -0.2) is 49.6 Å². The first-order valence-electron chi connectivity index (χ1n) is 8.91. The maximum atomic E-state index is 12.4. The molecule has 0 unspecified atom stereocenters. The van der Waals surface area contributed by atoms with Crippen molar-refractivity contribution < 1.29 is 14.4 Å². The average Bonchev–Trinajstić information content (AvgIpc) is 2.65. The molecule has 24 heavy (non-hydrogen) atoms. The summed E-state index contributed by atoms with van der Waals surface area (Å²) in [7, 11) is 0. The Morgan fingerprint density at radius 1 is 1.17 bits per heavy atom. The molecular formula is C20H27N2O2+. The van der Waals surface area contributed by atoms with Gasteiger partial charge in [0.05, 0.1) is 32.2 Å². The van der Waals surface area contributed by atoms with Gasteiger partial charge in [0.25, 0.3) is 5.91 Å². The fraction of sp³-hybridized carbons (Fsp3) is 0.450. The first-order valence-corrected chi connectivity index (χ1v) is 8.91. The zero-order valence-electron chi connectivity index (χ0n) is 14.6. The Hall–Kier alpha value is -2.07. The summed E-state index contributed by atoms with van der Waals surface area (Å²) in [6, 6.07) is 14.8. The van der Waals surface area contributed by atoms with Crippen molar-refractivity contribution in [2.75, 3.05) is 32.8 Å². The Labute approximate surface area is 144 Å². The highest BCUT2D eigenvalue weighted by atomic mass is 16.5. The molecule has 1 saturated heterocycles. The van der Waals surface area contributed by atoms with E-state index in [0.717, 1.165) is 37.3 Å². The summed E-state index contributed by atoms with van der Waals surface area (Å²) < 4.78 is 5.73. The Morgan fingerprint density at radius 2 is 1.88 bits per heavy atom. The molecule has 3 rings (SSSR count). The van der Waals surface area contributed by atoms with Crippen LogP contribution in [0.1, 0.15) is 20.3 Å². The van der Waals surface area contributed by atoms with E-state index in [0.29, 0.717) is 6.04 Å². The normalized spacial score (nSPS) is 17.0. The zero-order valence-corrected chi connectivity index (χ0v) is 14.6. The number of quaternary nitrogens is 1. The van der Waals surface area contributed by atoms with Gasteiger partial charge in [-0.05, 0) is 36.2 Å². The first kappa shape index (κ1) is 16.8.